The van der Waals surface area contributed by atoms with Crippen LogP contribution in [0.1, 0.15) is 15.9 Å². The molecule has 0 spiro atoms. The Morgan fingerprint density at radius 2 is 1.69 bits per heavy atom. The van der Waals surface area contributed by atoms with Crippen LogP contribution in [0.2, 0.25) is 0 Å². The number of carboxylic acids is 1. The van der Waals surface area contributed by atoms with Crippen LogP contribution in [0.15, 0.2) is 36.7 Å². The van der Waals surface area contributed by atoms with Crippen molar-refractivity contribution in [3.8, 4) is 22.5 Å². The van der Waals surface area contributed by atoms with Crippen LogP contribution in [0.4, 0.5) is 17.6 Å². The van der Waals surface area contributed by atoms with Gasteiger partial charge in [0.2, 0.25) is 0 Å². The summed E-state index contributed by atoms with van der Waals surface area (Å²) in [5, 5.41) is 9.32. The number of fused-ring (bicyclic) bond motifs is 1. The van der Waals surface area contributed by atoms with Crippen LogP contribution >= 0.6 is 0 Å². The van der Waals surface area contributed by atoms with Crippen molar-refractivity contribution in [1.29, 1.82) is 0 Å². The predicted molar refractivity (Wildman–Crippen MR) is 96.3 cm³/mol. The van der Waals surface area contributed by atoms with Gasteiger partial charge < -0.3 is 10.1 Å². The Morgan fingerprint density at radius 3 is 2.28 bits per heavy atom. The summed E-state index contributed by atoms with van der Waals surface area (Å²) in [6.07, 6.45) is 2.42. The van der Waals surface area contributed by atoms with Crippen molar-refractivity contribution in [2.24, 2.45) is 0 Å². The molecule has 2 heterocycles. The van der Waals surface area contributed by atoms with Crippen LogP contribution in [-0.4, -0.2) is 26.0 Å². The molecule has 0 saturated heterocycles. The van der Waals surface area contributed by atoms with E-state index in [9.17, 15) is 27.5 Å². The number of aromatic amines is 1. The van der Waals surface area contributed by atoms with Crippen molar-refractivity contribution in [2.45, 2.75) is 6.92 Å². The van der Waals surface area contributed by atoms with Crippen LogP contribution in [0.25, 0.3) is 33.5 Å². The Morgan fingerprint density at radius 1 is 1.03 bits per heavy atom. The monoisotopic (exact) mass is 401 g/mol. The maximum absolute atomic E-state index is 14.8. The van der Waals surface area contributed by atoms with Gasteiger partial charge >= 0.3 is 5.97 Å². The number of pyridine rings is 1. The third-order valence-corrected chi connectivity index (χ3v) is 4.41. The number of rotatable bonds is 3. The molecule has 5 nitrogen and oxygen atoms in total. The molecule has 4 aromatic rings. The van der Waals surface area contributed by atoms with E-state index < -0.39 is 46.2 Å². The molecule has 2 aromatic carbocycles. The fourth-order valence-corrected chi connectivity index (χ4v) is 3.15. The van der Waals surface area contributed by atoms with Crippen LogP contribution in [0, 0.1) is 30.2 Å². The lowest BCUT2D eigenvalue weighted by Gasteiger charge is -2.10. The van der Waals surface area contributed by atoms with E-state index in [1.165, 1.54) is 30.5 Å². The first-order valence-electron chi connectivity index (χ1n) is 8.30. The smallest absolute Gasteiger partial charge is 0.337 e. The quantitative estimate of drug-likeness (QED) is 0.380. The topological polar surface area (TPSA) is 78.9 Å². The Balaban J connectivity index is 2.00. The summed E-state index contributed by atoms with van der Waals surface area (Å²) in [5.74, 6) is -8.37. The SMILES string of the molecule is Cc1cc(C(=O)O)c2nc(-c3c(F)c(F)c(-c4cccnc4)c(F)c3F)[nH]c2c1. The van der Waals surface area contributed by atoms with Gasteiger partial charge in [-0.15, -0.1) is 0 Å². The Kier molecular flexibility index (Phi) is 4.30. The number of benzene rings is 2. The molecule has 0 unspecified atom stereocenters. The second kappa shape index (κ2) is 6.69. The lowest BCUT2D eigenvalue weighted by molar-refractivity contribution is 0.0698. The van der Waals surface area contributed by atoms with E-state index in [-0.39, 0.29) is 22.2 Å². The third-order valence-electron chi connectivity index (χ3n) is 4.41. The number of H-pyrrole nitrogens is 1. The average Bonchev–Trinajstić information content (AvgIpc) is 3.10. The molecular formula is C20H11F4N3O2. The van der Waals surface area contributed by atoms with Crippen LogP contribution in [-0.2, 0) is 0 Å². The van der Waals surface area contributed by atoms with Gasteiger partial charge in [-0.1, -0.05) is 6.07 Å². The van der Waals surface area contributed by atoms with Gasteiger partial charge in [-0.2, -0.15) is 0 Å². The van der Waals surface area contributed by atoms with Gasteiger partial charge in [0.1, 0.15) is 11.3 Å². The fourth-order valence-electron chi connectivity index (χ4n) is 3.15. The standard InChI is InChI=1S/C20H11F4N3O2/c1-8-5-10(20(28)29)18-11(6-8)26-19(27-18)13-16(23)14(21)12(15(22)17(13)24)9-3-2-4-25-7-9/h2-7H,1H3,(H,26,27)(H,28,29). The highest BCUT2D eigenvalue weighted by molar-refractivity contribution is 6.02. The largest absolute Gasteiger partial charge is 0.478 e. The van der Waals surface area contributed by atoms with Crippen LogP contribution < -0.4 is 0 Å². The molecule has 2 N–H and O–H groups in total. The molecule has 4 rings (SSSR count). The summed E-state index contributed by atoms with van der Waals surface area (Å²) < 4.78 is 58.8. The zero-order valence-electron chi connectivity index (χ0n) is 14.7. The Bertz CT molecular complexity index is 1260. The molecule has 0 aliphatic carbocycles. The maximum Gasteiger partial charge on any atom is 0.337 e. The van der Waals surface area contributed by atoms with Crippen molar-refractivity contribution in [3.63, 3.8) is 0 Å². The van der Waals surface area contributed by atoms with Crippen molar-refractivity contribution >= 4 is 17.0 Å². The summed E-state index contributed by atoms with van der Waals surface area (Å²) in [4.78, 5) is 21.6. The minimum atomic E-state index is -1.66. The van der Waals surface area contributed by atoms with Crippen molar-refractivity contribution < 1.29 is 27.5 Å². The molecule has 0 radical (unpaired) electrons. The molecule has 9 heteroatoms. The average molecular weight is 401 g/mol. The highest BCUT2D eigenvalue weighted by atomic mass is 19.2. The molecule has 0 amide bonds. The number of carbonyl (C=O) groups is 1. The molecule has 0 fully saturated rings. The van der Waals surface area contributed by atoms with Crippen molar-refractivity contribution in [3.05, 3.63) is 71.1 Å². The van der Waals surface area contributed by atoms with Gasteiger partial charge in [-0.05, 0) is 30.7 Å². The summed E-state index contributed by atoms with van der Waals surface area (Å²) in [6.45, 7) is 1.62. The van der Waals surface area contributed by atoms with Gasteiger partial charge in [-0.3, -0.25) is 4.98 Å². The molecule has 0 saturated carbocycles. The molecule has 0 aliphatic heterocycles. The normalized spacial score (nSPS) is 11.2. The van der Waals surface area contributed by atoms with Gasteiger partial charge in [0, 0.05) is 18.0 Å². The van der Waals surface area contributed by atoms with Gasteiger partial charge in [0.15, 0.2) is 23.3 Å². The Labute approximate surface area is 160 Å². The molecule has 0 bridgehead atoms. The van der Waals surface area contributed by atoms with E-state index in [4.69, 9.17) is 0 Å². The zero-order chi connectivity index (χ0) is 20.9. The van der Waals surface area contributed by atoms with E-state index in [1.54, 1.807) is 6.92 Å². The molecule has 2 aromatic heterocycles. The number of carboxylic acid groups (broad SMARTS) is 1. The number of aromatic carboxylic acids is 1. The number of hydrogen-bond donors (Lipinski definition) is 2. The minimum absolute atomic E-state index is 0.0888. The second-order valence-electron chi connectivity index (χ2n) is 6.35. The number of nitrogens with zero attached hydrogens (tertiary/aromatic N) is 2. The Hall–Kier alpha value is -3.75. The summed E-state index contributed by atoms with van der Waals surface area (Å²) in [6, 6.07) is 5.46. The highest BCUT2D eigenvalue weighted by Crippen LogP contribution is 2.36. The van der Waals surface area contributed by atoms with Gasteiger partial charge in [0.05, 0.1) is 22.2 Å². The number of nitrogens with one attached hydrogen (secondary N) is 1. The number of hydrogen-bond acceptors (Lipinski definition) is 3. The summed E-state index contributed by atoms with van der Waals surface area (Å²) in [7, 11) is 0. The molecule has 29 heavy (non-hydrogen) atoms. The predicted octanol–water partition coefficient (Wildman–Crippen LogP) is 4.85. The van der Waals surface area contributed by atoms with E-state index in [1.807, 2.05) is 0 Å². The number of aromatic nitrogens is 3. The van der Waals surface area contributed by atoms with Crippen molar-refractivity contribution in [1.82, 2.24) is 15.0 Å². The second-order valence-corrected chi connectivity index (χ2v) is 6.35. The number of halogens is 4. The van der Waals surface area contributed by atoms with E-state index in [0.717, 1.165) is 6.20 Å². The van der Waals surface area contributed by atoms with Crippen LogP contribution in [0.3, 0.4) is 0 Å². The van der Waals surface area contributed by atoms with Gasteiger partial charge in [0.25, 0.3) is 0 Å². The lowest BCUT2D eigenvalue weighted by Crippen LogP contribution is -2.04. The number of imidazole rings is 1. The van der Waals surface area contributed by atoms with Gasteiger partial charge in [-0.25, -0.2) is 27.3 Å². The number of aryl methyl sites for hydroxylation is 1. The third kappa shape index (κ3) is 2.91. The van der Waals surface area contributed by atoms with Crippen LogP contribution in [0.5, 0.6) is 0 Å². The van der Waals surface area contributed by atoms with E-state index >= 15 is 0 Å². The minimum Gasteiger partial charge on any atom is -0.478 e. The molecule has 0 aliphatic rings. The first-order valence-corrected chi connectivity index (χ1v) is 8.30. The highest BCUT2D eigenvalue weighted by Gasteiger charge is 2.29. The first-order chi connectivity index (χ1) is 13.8. The first kappa shape index (κ1) is 18.6. The molecule has 146 valence electrons. The zero-order valence-corrected chi connectivity index (χ0v) is 14.7. The maximum atomic E-state index is 14.8. The molecule has 0 atom stereocenters. The van der Waals surface area contributed by atoms with E-state index in [2.05, 4.69) is 15.0 Å². The lowest BCUT2D eigenvalue weighted by atomic mass is 10.0. The van der Waals surface area contributed by atoms with Crippen molar-refractivity contribution in [2.75, 3.05) is 0 Å². The molecular weight excluding hydrogens is 390 g/mol. The van der Waals surface area contributed by atoms with E-state index in [0.29, 0.717) is 5.56 Å². The summed E-state index contributed by atoms with van der Waals surface area (Å²) >= 11 is 0. The summed E-state index contributed by atoms with van der Waals surface area (Å²) in [5.41, 5.74) is -1.68. The fraction of sp³-hybridized carbons (Fsp3) is 0.0500.